The average molecular weight is 439 g/mol. The molecule has 0 aliphatic heterocycles. The molecule has 0 unspecified atom stereocenters. The van der Waals surface area contributed by atoms with E-state index in [0.29, 0.717) is 24.7 Å². The van der Waals surface area contributed by atoms with E-state index in [0.717, 1.165) is 37.7 Å². The zero-order valence-corrected chi connectivity index (χ0v) is 18.4. The number of rotatable bonds is 8. The fourth-order valence-corrected chi connectivity index (χ4v) is 5.09. The van der Waals surface area contributed by atoms with Gasteiger partial charge in [-0.3, -0.25) is 4.79 Å². The topological polar surface area (TPSA) is 64.4 Å². The van der Waals surface area contributed by atoms with Crippen molar-refractivity contribution in [1.29, 1.82) is 0 Å². The molecule has 0 saturated carbocycles. The molecular formula is C23H22N2O3S2. The lowest BCUT2D eigenvalue weighted by Gasteiger charge is -2.07. The van der Waals surface area contributed by atoms with Crippen LogP contribution in [0.4, 0.5) is 0 Å². The molecule has 30 heavy (non-hydrogen) atoms. The molecule has 0 radical (unpaired) electrons. The summed E-state index contributed by atoms with van der Waals surface area (Å²) in [5.41, 5.74) is 4.71. The van der Waals surface area contributed by atoms with Crippen molar-refractivity contribution < 1.29 is 13.9 Å². The summed E-state index contributed by atoms with van der Waals surface area (Å²) in [5, 5.41) is 5.98. The Morgan fingerprint density at radius 1 is 1.20 bits per heavy atom. The van der Waals surface area contributed by atoms with Crippen molar-refractivity contribution in [2.24, 2.45) is 0 Å². The second kappa shape index (κ2) is 9.47. The number of ether oxygens (including phenoxy) is 1. The third-order valence-corrected chi connectivity index (χ3v) is 6.76. The van der Waals surface area contributed by atoms with Crippen molar-refractivity contribution >= 4 is 40.0 Å². The van der Waals surface area contributed by atoms with Gasteiger partial charge in [-0.15, -0.1) is 11.3 Å². The summed E-state index contributed by atoms with van der Waals surface area (Å²) in [7, 11) is 1.67. The van der Waals surface area contributed by atoms with Crippen LogP contribution in [0.25, 0.3) is 11.0 Å². The maximum absolute atomic E-state index is 13.0. The molecule has 5 nitrogen and oxygen atoms in total. The molecule has 0 aliphatic rings. The molecule has 1 N–H and O–H groups in total. The molecule has 0 fully saturated rings. The van der Waals surface area contributed by atoms with Gasteiger partial charge < -0.3 is 14.5 Å². The molecule has 0 aliphatic carbocycles. The van der Waals surface area contributed by atoms with Crippen LogP contribution >= 0.6 is 23.1 Å². The Balaban J connectivity index is 1.53. The Hall–Kier alpha value is -2.61. The zero-order chi connectivity index (χ0) is 20.9. The predicted molar refractivity (Wildman–Crippen MR) is 121 cm³/mol. The van der Waals surface area contributed by atoms with Crippen LogP contribution in [0.2, 0.25) is 0 Å². The maximum atomic E-state index is 13.0. The van der Waals surface area contributed by atoms with Crippen molar-refractivity contribution in [3.05, 3.63) is 82.1 Å². The van der Waals surface area contributed by atoms with Crippen LogP contribution in [0.3, 0.4) is 0 Å². The van der Waals surface area contributed by atoms with Gasteiger partial charge in [0.1, 0.15) is 9.92 Å². The fraction of sp³-hybridized carbons (Fsp3) is 0.217. The van der Waals surface area contributed by atoms with Crippen LogP contribution in [-0.2, 0) is 23.6 Å². The van der Waals surface area contributed by atoms with Gasteiger partial charge in [0, 0.05) is 41.4 Å². The van der Waals surface area contributed by atoms with Crippen LogP contribution in [0, 0.1) is 6.92 Å². The van der Waals surface area contributed by atoms with E-state index in [-0.39, 0.29) is 5.91 Å². The van der Waals surface area contributed by atoms with Crippen LogP contribution in [0.15, 0.2) is 62.7 Å². The molecule has 0 saturated heterocycles. The third kappa shape index (κ3) is 4.75. The minimum absolute atomic E-state index is 0.214. The van der Waals surface area contributed by atoms with Gasteiger partial charge in [0.05, 0.1) is 6.61 Å². The van der Waals surface area contributed by atoms with E-state index in [4.69, 9.17) is 9.15 Å². The SMILES string of the molecule is COCc1cccc(CNC(=O)c2oc3ccccc3c2CSc2nc(C)cs2)c1. The highest BCUT2D eigenvalue weighted by Crippen LogP contribution is 2.33. The summed E-state index contributed by atoms with van der Waals surface area (Å²) in [6.45, 7) is 2.95. The molecule has 2 aromatic carbocycles. The van der Waals surface area contributed by atoms with Gasteiger partial charge in [0.2, 0.25) is 0 Å². The molecule has 2 aromatic heterocycles. The van der Waals surface area contributed by atoms with E-state index < -0.39 is 0 Å². The number of carbonyl (C=O) groups excluding carboxylic acids is 1. The molecule has 2 heterocycles. The molecule has 154 valence electrons. The summed E-state index contributed by atoms with van der Waals surface area (Å²) in [6.07, 6.45) is 0. The summed E-state index contributed by atoms with van der Waals surface area (Å²) in [6, 6.07) is 15.7. The number of aromatic nitrogens is 1. The molecule has 1 amide bonds. The molecule has 4 aromatic rings. The van der Waals surface area contributed by atoms with Crippen molar-refractivity contribution in [3.8, 4) is 0 Å². The Labute approximate surface area is 183 Å². The number of furan rings is 1. The van der Waals surface area contributed by atoms with E-state index >= 15 is 0 Å². The van der Waals surface area contributed by atoms with Gasteiger partial charge in [-0.25, -0.2) is 4.98 Å². The van der Waals surface area contributed by atoms with Crippen molar-refractivity contribution in [1.82, 2.24) is 10.3 Å². The van der Waals surface area contributed by atoms with Gasteiger partial charge >= 0.3 is 0 Å². The Morgan fingerprint density at radius 3 is 2.83 bits per heavy atom. The predicted octanol–water partition coefficient (Wildman–Crippen LogP) is 5.57. The van der Waals surface area contributed by atoms with E-state index in [1.54, 1.807) is 30.2 Å². The number of para-hydroxylation sites is 1. The molecular weight excluding hydrogens is 416 g/mol. The first-order chi connectivity index (χ1) is 14.6. The monoisotopic (exact) mass is 438 g/mol. The Morgan fingerprint density at radius 2 is 2.03 bits per heavy atom. The van der Waals surface area contributed by atoms with E-state index in [1.165, 1.54) is 0 Å². The average Bonchev–Trinajstić information content (AvgIpc) is 3.34. The lowest BCUT2D eigenvalue weighted by atomic mass is 10.1. The lowest BCUT2D eigenvalue weighted by molar-refractivity contribution is 0.0924. The Kier molecular flexibility index (Phi) is 6.52. The first kappa shape index (κ1) is 20.7. The number of nitrogens with one attached hydrogen (secondary N) is 1. The molecule has 7 heteroatoms. The summed E-state index contributed by atoms with van der Waals surface area (Å²) >= 11 is 3.24. The van der Waals surface area contributed by atoms with E-state index in [1.807, 2.05) is 60.8 Å². The molecule has 0 spiro atoms. The smallest absolute Gasteiger partial charge is 0.287 e. The van der Waals surface area contributed by atoms with Crippen LogP contribution < -0.4 is 5.32 Å². The normalized spacial score (nSPS) is 11.1. The number of methoxy groups -OCH3 is 1. The highest BCUT2D eigenvalue weighted by Gasteiger charge is 2.21. The number of fused-ring (bicyclic) bond motifs is 1. The number of hydrogen-bond acceptors (Lipinski definition) is 6. The van der Waals surface area contributed by atoms with Crippen LogP contribution in [-0.4, -0.2) is 18.0 Å². The van der Waals surface area contributed by atoms with Crippen LogP contribution in [0.1, 0.15) is 32.9 Å². The highest BCUT2D eigenvalue weighted by molar-refractivity contribution is 8.00. The first-order valence-corrected chi connectivity index (χ1v) is 11.4. The van der Waals surface area contributed by atoms with Gasteiger partial charge in [0.25, 0.3) is 5.91 Å². The number of aryl methyl sites for hydroxylation is 1. The van der Waals surface area contributed by atoms with Gasteiger partial charge in [-0.05, 0) is 24.1 Å². The summed E-state index contributed by atoms with van der Waals surface area (Å²) in [4.78, 5) is 17.5. The summed E-state index contributed by atoms with van der Waals surface area (Å²) in [5.74, 6) is 0.773. The van der Waals surface area contributed by atoms with Gasteiger partial charge in [-0.1, -0.05) is 54.2 Å². The number of amides is 1. The van der Waals surface area contributed by atoms with Gasteiger partial charge in [-0.2, -0.15) is 0 Å². The van der Waals surface area contributed by atoms with E-state index in [9.17, 15) is 4.79 Å². The van der Waals surface area contributed by atoms with Gasteiger partial charge in [0.15, 0.2) is 5.76 Å². The second-order valence-electron chi connectivity index (χ2n) is 6.89. The molecule has 0 atom stereocenters. The van der Waals surface area contributed by atoms with Crippen LogP contribution in [0.5, 0.6) is 0 Å². The third-order valence-electron chi connectivity index (χ3n) is 4.60. The van der Waals surface area contributed by atoms with E-state index in [2.05, 4.69) is 10.3 Å². The molecule has 4 rings (SSSR count). The zero-order valence-electron chi connectivity index (χ0n) is 16.8. The quantitative estimate of drug-likeness (QED) is 0.365. The Bertz CT molecular complexity index is 1170. The second-order valence-corrected chi connectivity index (χ2v) is 8.97. The number of carbonyl (C=O) groups is 1. The highest BCUT2D eigenvalue weighted by atomic mass is 32.2. The number of hydrogen-bond donors (Lipinski definition) is 1. The largest absolute Gasteiger partial charge is 0.451 e. The number of nitrogens with zero attached hydrogens (tertiary/aromatic N) is 1. The minimum atomic E-state index is -0.214. The first-order valence-electron chi connectivity index (χ1n) is 9.54. The van der Waals surface area contributed by atoms with Crippen molar-refractivity contribution in [2.75, 3.05) is 7.11 Å². The maximum Gasteiger partial charge on any atom is 0.287 e. The number of thioether (sulfide) groups is 1. The van der Waals surface area contributed by atoms with Crippen molar-refractivity contribution in [2.45, 2.75) is 30.2 Å². The lowest BCUT2D eigenvalue weighted by Crippen LogP contribution is -2.23. The fourth-order valence-electron chi connectivity index (χ4n) is 3.22. The molecule has 0 bridgehead atoms. The minimum Gasteiger partial charge on any atom is -0.451 e. The summed E-state index contributed by atoms with van der Waals surface area (Å²) < 4.78 is 12.1. The number of benzene rings is 2. The van der Waals surface area contributed by atoms with Crippen molar-refractivity contribution in [3.63, 3.8) is 0 Å². The number of thiazole rings is 1. The standard InChI is InChI=1S/C23H22N2O3S2/c1-15-13-29-23(25-15)30-14-19-18-8-3-4-9-20(18)28-21(19)22(26)24-11-16-6-5-7-17(10-16)12-27-2/h3-10,13H,11-12,14H2,1-2H3,(H,24,26).